The molecule has 0 spiro atoms. The van der Waals surface area contributed by atoms with Crippen LogP contribution in [0.4, 0.5) is 34.1 Å². The Morgan fingerprint density at radius 2 is 0.667 bits per heavy atom. The van der Waals surface area contributed by atoms with Crippen molar-refractivity contribution in [2.45, 2.75) is 66.6 Å². The Morgan fingerprint density at radius 3 is 0.933 bits per heavy atom. The van der Waals surface area contributed by atoms with Gasteiger partial charge in [0.2, 0.25) is 0 Å². The van der Waals surface area contributed by atoms with Crippen molar-refractivity contribution in [2.75, 3.05) is 9.80 Å². The first kappa shape index (κ1) is 30.7. The first-order valence-corrected chi connectivity index (χ1v) is 15.8. The monoisotopic (exact) mass is 594 g/mol. The average molecular weight is 595 g/mol. The van der Waals surface area contributed by atoms with Crippen LogP contribution in [0.1, 0.15) is 49.9 Å². The fourth-order valence-electron chi connectivity index (χ4n) is 5.66. The molecule has 0 aliphatic carbocycles. The van der Waals surface area contributed by atoms with E-state index < -0.39 is 18.3 Å². The molecule has 228 valence electrons. The molecule has 0 radical (unpaired) electrons. The Morgan fingerprint density at radius 1 is 0.400 bits per heavy atom. The Balaban J connectivity index is 1.60. The SMILES string of the molecule is Cc1ccc(N(c2ccc(C)cc2)c2cc(B3OC(C)(C)C(C)(C)O3)cc(N(c3ccc(C)cc3)c3ccc(C)cc3)c2)cc1. The zero-order valence-corrected chi connectivity index (χ0v) is 27.8. The van der Waals surface area contributed by atoms with Gasteiger partial charge in [-0.3, -0.25) is 0 Å². The number of hydrogen-bond acceptors (Lipinski definition) is 4. The first-order chi connectivity index (χ1) is 21.4. The maximum Gasteiger partial charge on any atom is 0.494 e. The van der Waals surface area contributed by atoms with Crippen molar-refractivity contribution in [3.8, 4) is 0 Å². The van der Waals surface area contributed by atoms with E-state index in [2.05, 4.69) is 180 Å². The highest BCUT2D eigenvalue weighted by molar-refractivity contribution is 6.62. The summed E-state index contributed by atoms with van der Waals surface area (Å²) in [6.07, 6.45) is 0. The fourth-order valence-corrected chi connectivity index (χ4v) is 5.66. The number of anilines is 6. The molecule has 1 aliphatic rings. The first-order valence-electron chi connectivity index (χ1n) is 15.8. The Bertz CT molecular complexity index is 1560. The molecule has 0 atom stereocenters. The molecule has 0 amide bonds. The van der Waals surface area contributed by atoms with Gasteiger partial charge >= 0.3 is 7.12 Å². The lowest BCUT2D eigenvalue weighted by Gasteiger charge is -2.32. The van der Waals surface area contributed by atoms with Gasteiger partial charge in [-0.2, -0.15) is 0 Å². The van der Waals surface area contributed by atoms with Gasteiger partial charge in [0.1, 0.15) is 0 Å². The van der Waals surface area contributed by atoms with E-state index in [-0.39, 0.29) is 0 Å². The molecule has 5 aromatic carbocycles. The van der Waals surface area contributed by atoms with Crippen LogP contribution in [0, 0.1) is 27.7 Å². The smallest absolute Gasteiger partial charge is 0.399 e. The molecule has 1 saturated heterocycles. The van der Waals surface area contributed by atoms with E-state index in [0.29, 0.717) is 0 Å². The van der Waals surface area contributed by atoms with E-state index in [0.717, 1.165) is 39.6 Å². The van der Waals surface area contributed by atoms with Gasteiger partial charge in [0.25, 0.3) is 0 Å². The normalized spacial score (nSPS) is 15.2. The van der Waals surface area contributed by atoms with E-state index in [1.165, 1.54) is 22.3 Å². The fraction of sp³-hybridized carbons (Fsp3) is 0.250. The summed E-state index contributed by atoms with van der Waals surface area (Å²) >= 11 is 0. The van der Waals surface area contributed by atoms with Crippen molar-refractivity contribution in [3.63, 3.8) is 0 Å². The summed E-state index contributed by atoms with van der Waals surface area (Å²) in [5, 5.41) is 0. The van der Waals surface area contributed by atoms with Crippen LogP contribution in [-0.2, 0) is 9.31 Å². The Labute approximate surface area is 269 Å². The maximum atomic E-state index is 6.65. The molecule has 0 bridgehead atoms. The summed E-state index contributed by atoms with van der Waals surface area (Å²) in [7, 11) is -0.524. The molecule has 0 aromatic heterocycles. The second-order valence-electron chi connectivity index (χ2n) is 13.4. The highest BCUT2D eigenvalue weighted by Gasteiger charge is 2.52. The third-order valence-corrected chi connectivity index (χ3v) is 9.14. The van der Waals surface area contributed by atoms with Gasteiger partial charge in [-0.15, -0.1) is 0 Å². The van der Waals surface area contributed by atoms with E-state index in [9.17, 15) is 0 Å². The molecule has 5 heteroatoms. The minimum Gasteiger partial charge on any atom is -0.399 e. The molecule has 1 fully saturated rings. The van der Waals surface area contributed by atoms with Crippen molar-refractivity contribution in [3.05, 3.63) is 138 Å². The van der Waals surface area contributed by atoms with Crippen molar-refractivity contribution in [1.82, 2.24) is 0 Å². The lowest BCUT2D eigenvalue weighted by Crippen LogP contribution is -2.41. The molecular formula is C40H43BN2O2. The minimum absolute atomic E-state index is 0.463. The topological polar surface area (TPSA) is 24.9 Å². The van der Waals surface area contributed by atoms with Crippen LogP contribution in [0.2, 0.25) is 0 Å². The molecule has 4 nitrogen and oxygen atoms in total. The standard InChI is InChI=1S/C40H43BN2O2/c1-28-9-17-33(18-10-28)42(34-19-11-29(2)12-20-34)37-25-32(41-44-39(5,6)40(7,8)45-41)26-38(27-37)43(35-21-13-30(3)14-22-35)36-23-15-31(4)16-24-36/h9-27H,1-8H3. The van der Waals surface area contributed by atoms with Gasteiger partial charge in [-0.25, -0.2) is 0 Å². The van der Waals surface area contributed by atoms with Crippen LogP contribution in [0.5, 0.6) is 0 Å². The number of nitrogens with zero attached hydrogens (tertiary/aromatic N) is 2. The molecule has 0 saturated carbocycles. The summed E-state index contributed by atoms with van der Waals surface area (Å²) in [6.45, 7) is 16.9. The van der Waals surface area contributed by atoms with Gasteiger partial charge in [-0.1, -0.05) is 70.8 Å². The van der Waals surface area contributed by atoms with Crippen LogP contribution < -0.4 is 15.3 Å². The van der Waals surface area contributed by atoms with E-state index in [4.69, 9.17) is 9.31 Å². The van der Waals surface area contributed by atoms with Gasteiger partial charge in [-0.05, 0) is 128 Å². The number of hydrogen-bond donors (Lipinski definition) is 0. The Hall–Kier alpha value is -4.32. The second kappa shape index (κ2) is 11.9. The summed E-state index contributed by atoms with van der Waals surface area (Å²) in [6, 6.07) is 41.5. The molecular weight excluding hydrogens is 551 g/mol. The summed E-state index contributed by atoms with van der Waals surface area (Å²) in [4.78, 5) is 4.64. The van der Waals surface area contributed by atoms with Gasteiger partial charge in [0.15, 0.2) is 0 Å². The van der Waals surface area contributed by atoms with Gasteiger partial charge < -0.3 is 19.1 Å². The third kappa shape index (κ3) is 6.29. The third-order valence-electron chi connectivity index (χ3n) is 9.14. The van der Waals surface area contributed by atoms with Crippen molar-refractivity contribution < 1.29 is 9.31 Å². The predicted molar refractivity (Wildman–Crippen MR) is 190 cm³/mol. The largest absolute Gasteiger partial charge is 0.494 e. The Kier molecular flexibility index (Phi) is 8.11. The molecule has 1 aliphatic heterocycles. The van der Waals surface area contributed by atoms with Crippen LogP contribution in [0.15, 0.2) is 115 Å². The summed E-state index contributed by atoms with van der Waals surface area (Å²) < 4.78 is 13.3. The zero-order valence-electron chi connectivity index (χ0n) is 27.8. The van der Waals surface area contributed by atoms with Gasteiger partial charge in [0, 0.05) is 34.1 Å². The zero-order chi connectivity index (χ0) is 31.9. The highest BCUT2D eigenvalue weighted by atomic mass is 16.7. The van der Waals surface area contributed by atoms with Crippen LogP contribution in [-0.4, -0.2) is 18.3 Å². The van der Waals surface area contributed by atoms with Crippen LogP contribution >= 0.6 is 0 Å². The minimum atomic E-state index is -0.524. The number of rotatable bonds is 7. The van der Waals surface area contributed by atoms with Gasteiger partial charge in [0.05, 0.1) is 11.2 Å². The lowest BCUT2D eigenvalue weighted by atomic mass is 9.78. The number of aryl methyl sites for hydroxylation is 4. The van der Waals surface area contributed by atoms with E-state index in [1.54, 1.807) is 0 Å². The van der Waals surface area contributed by atoms with Crippen LogP contribution in [0.25, 0.3) is 0 Å². The molecule has 0 N–H and O–H groups in total. The lowest BCUT2D eigenvalue weighted by molar-refractivity contribution is 0.00578. The second-order valence-corrected chi connectivity index (χ2v) is 13.4. The summed E-state index contributed by atoms with van der Waals surface area (Å²) in [5.41, 5.74) is 11.3. The molecule has 0 unspecified atom stereocenters. The van der Waals surface area contributed by atoms with Crippen molar-refractivity contribution in [1.29, 1.82) is 0 Å². The molecule has 5 aromatic rings. The molecule has 6 rings (SSSR count). The maximum absolute atomic E-state index is 6.65. The molecule has 1 heterocycles. The van der Waals surface area contributed by atoms with E-state index >= 15 is 0 Å². The quantitative estimate of drug-likeness (QED) is 0.175. The average Bonchev–Trinajstić information content (AvgIpc) is 3.23. The van der Waals surface area contributed by atoms with Crippen molar-refractivity contribution in [2.24, 2.45) is 0 Å². The highest BCUT2D eigenvalue weighted by Crippen LogP contribution is 2.42. The molecule has 45 heavy (non-hydrogen) atoms. The number of benzene rings is 5. The van der Waals surface area contributed by atoms with E-state index in [1.807, 2.05) is 0 Å². The summed E-state index contributed by atoms with van der Waals surface area (Å²) in [5.74, 6) is 0. The predicted octanol–water partition coefficient (Wildman–Crippen LogP) is 10.2. The van der Waals surface area contributed by atoms with Crippen LogP contribution in [0.3, 0.4) is 0 Å². The van der Waals surface area contributed by atoms with Crippen molar-refractivity contribution >= 4 is 46.7 Å².